The normalized spacial score (nSPS) is 14.3. The van der Waals surface area contributed by atoms with Crippen molar-refractivity contribution in [3.05, 3.63) is 45.9 Å². The highest BCUT2D eigenvalue weighted by Gasteiger charge is 2.22. The lowest BCUT2D eigenvalue weighted by molar-refractivity contribution is 0.0696. The summed E-state index contributed by atoms with van der Waals surface area (Å²) in [6.45, 7) is 1.64. The summed E-state index contributed by atoms with van der Waals surface area (Å²) in [5.41, 5.74) is 2.12. The number of para-hydroxylation sites is 1. The molecule has 0 saturated heterocycles. The maximum Gasteiger partial charge on any atom is 0.365 e. The second-order valence-corrected chi connectivity index (χ2v) is 5.28. The van der Waals surface area contributed by atoms with Gasteiger partial charge in [-0.1, -0.05) is 18.2 Å². The number of aromatic carboxylic acids is 1. The molecule has 1 aliphatic rings. The van der Waals surface area contributed by atoms with Crippen LogP contribution in [0.2, 0.25) is 0 Å². The average molecular weight is 260 g/mol. The van der Waals surface area contributed by atoms with Crippen molar-refractivity contribution in [1.29, 1.82) is 0 Å². The number of hydrogen-bond donors (Lipinski definition) is 1. The molecule has 2 heterocycles. The monoisotopic (exact) mass is 260 g/mol. The van der Waals surface area contributed by atoms with Gasteiger partial charge in [0, 0.05) is 23.5 Å². The highest BCUT2D eigenvalue weighted by Crippen LogP contribution is 2.28. The molecule has 0 amide bonds. The Morgan fingerprint density at radius 2 is 2.11 bits per heavy atom. The quantitative estimate of drug-likeness (QED) is 0.901. The zero-order chi connectivity index (χ0) is 12.5. The predicted molar refractivity (Wildman–Crippen MR) is 70.3 cm³/mol. The molecule has 18 heavy (non-hydrogen) atoms. The molecule has 4 nitrogen and oxygen atoms in total. The number of anilines is 1. The Bertz CT molecular complexity index is 580. The molecule has 0 atom stereocenters. The fourth-order valence-corrected chi connectivity index (χ4v) is 3.11. The van der Waals surface area contributed by atoms with Crippen LogP contribution < -0.4 is 4.90 Å². The summed E-state index contributed by atoms with van der Waals surface area (Å²) in [5.74, 6) is -0.930. The van der Waals surface area contributed by atoms with Gasteiger partial charge >= 0.3 is 5.97 Å². The first kappa shape index (κ1) is 11.2. The lowest BCUT2D eigenvalue weighted by atomic mass is 10.1. The van der Waals surface area contributed by atoms with E-state index < -0.39 is 5.97 Å². The summed E-state index contributed by atoms with van der Waals surface area (Å²) in [7, 11) is 0. The van der Waals surface area contributed by atoms with Gasteiger partial charge in [0.05, 0.1) is 12.2 Å². The average Bonchev–Trinajstić information content (AvgIpc) is 2.82. The van der Waals surface area contributed by atoms with Crippen LogP contribution in [0.3, 0.4) is 0 Å². The first-order valence-corrected chi connectivity index (χ1v) is 6.57. The van der Waals surface area contributed by atoms with Gasteiger partial charge in [-0.05, 0) is 12.1 Å². The lowest BCUT2D eigenvalue weighted by Crippen LogP contribution is -2.29. The molecule has 1 N–H and O–H groups in total. The van der Waals surface area contributed by atoms with Crippen LogP contribution in [0.1, 0.15) is 20.4 Å². The molecule has 1 aromatic carbocycles. The van der Waals surface area contributed by atoms with Gasteiger partial charge in [-0.3, -0.25) is 0 Å². The van der Waals surface area contributed by atoms with Crippen LogP contribution in [0.5, 0.6) is 0 Å². The van der Waals surface area contributed by atoms with Crippen LogP contribution in [0, 0.1) is 0 Å². The second kappa shape index (κ2) is 4.42. The molecule has 2 aromatic rings. The number of rotatable bonds is 2. The minimum absolute atomic E-state index is 0.204. The molecule has 0 saturated carbocycles. The third-order valence-electron chi connectivity index (χ3n) is 3.04. The van der Waals surface area contributed by atoms with Crippen LogP contribution in [0.25, 0.3) is 0 Å². The zero-order valence-electron chi connectivity index (χ0n) is 9.67. The summed E-state index contributed by atoms with van der Waals surface area (Å²) in [6.07, 6.45) is 0.813. The van der Waals surface area contributed by atoms with Gasteiger partial charge in [0.25, 0.3) is 0 Å². The van der Waals surface area contributed by atoms with Crippen molar-refractivity contribution in [1.82, 2.24) is 4.98 Å². The predicted octanol–water partition coefficient (Wildman–Crippen LogP) is 2.40. The Labute approximate surface area is 109 Å². The Hall–Kier alpha value is -1.88. The molecule has 5 heteroatoms. The molecule has 3 rings (SSSR count). The van der Waals surface area contributed by atoms with Gasteiger partial charge in [-0.25, -0.2) is 9.78 Å². The first-order chi connectivity index (χ1) is 8.74. The third-order valence-corrected chi connectivity index (χ3v) is 4.11. The minimum atomic E-state index is -0.930. The maximum atomic E-state index is 10.9. The first-order valence-electron chi connectivity index (χ1n) is 5.76. The van der Waals surface area contributed by atoms with Crippen LogP contribution in [-0.2, 0) is 13.0 Å². The molecule has 0 fully saturated rings. The van der Waals surface area contributed by atoms with E-state index in [2.05, 4.69) is 22.0 Å². The molecule has 0 unspecified atom stereocenters. The number of hydrogen-bond acceptors (Lipinski definition) is 4. The van der Waals surface area contributed by atoms with Gasteiger partial charge in [0.15, 0.2) is 0 Å². The van der Waals surface area contributed by atoms with Crippen LogP contribution >= 0.6 is 11.3 Å². The molecule has 0 aliphatic carbocycles. The third kappa shape index (κ3) is 1.97. The summed E-state index contributed by atoms with van der Waals surface area (Å²) < 4.78 is 0. The van der Waals surface area contributed by atoms with Crippen molar-refractivity contribution in [3.8, 4) is 0 Å². The van der Waals surface area contributed by atoms with E-state index in [1.54, 1.807) is 0 Å². The molecule has 0 bridgehead atoms. The number of aromatic nitrogens is 1. The summed E-state index contributed by atoms with van der Waals surface area (Å²) in [5, 5.41) is 9.15. The molecule has 1 aliphatic heterocycles. The van der Waals surface area contributed by atoms with Gasteiger partial charge in [0.1, 0.15) is 0 Å². The summed E-state index contributed by atoms with van der Waals surface area (Å²) in [6, 6.07) is 10.2. The van der Waals surface area contributed by atoms with Crippen molar-refractivity contribution < 1.29 is 9.90 Å². The zero-order valence-corrected chi connectivity index (χ0v) is 10.5. The van der Waals surface area contributed by atoms with Gasteiger partial charge in [-0.2, -0.15) is 0 Å². The Kier molecular flexibility index (Phi) is 2.76. The van der Waals surface area contributed by atoms with Gasteiger partial charge in [-0.15, -0.1) is 11.3 Å². The fourth-order valence-electron chi connectivity index (χ4n) is 2.15. The number of carbonyl (C=O) groups is 1. The largest absolute Gasteiger partial charge is 0.476 e. The van der Waals surface area contributed by atoms with E-state index in [1.807, 2.05) is 18.2 Å². The Balaban J connectivity index is 1.87. The molecule has 0 radical (unpaired) electrons. The highest BCUT2D eigenvalue weighted by molar-refractivity contribution is 7.13. The van der Waals surface area contributed by atoms with Gasteiger partial charge < -0.3 is 10.0 Å². The van der Waals surface area contributed by atoms with Crippen LogP contribution in [0.4, 0.5) is 5.69 Å². The smallest absolute Gasteiger partial charge is 0.365 e. The van der Waals surface area contributed by atoms with Gasteiger partial charge in [0.2, 0.25) is 5.01 Å². The highest BCUT2D eigenvalue weighted by atomic mass is 32.1. The Morgan fingerprint density at radius 3 is 2.83 bits per heavy atom. The second-order valence-electron chi connectivity index (χ2n) is 4.20. The van der Waals surface area contributed by atoms with Crippen molar-refractivity contribution in [3.63, 3.8) is 0 Å². The van der Waals surface area contributed by atoms with Crippen molar-refractivity contribution in [2.24, 2.45) is 0 Å². The summed E-state index contributed by atoms with van der Waals surface area (Å²) in [4.78, 5) is 18.4. The van der Waals surface area contributed by atoms with E-state index in [9.17, 15) is 4.79 Å². The van der Waals surface area contributed by atoms with Crippen LogP contribution in [-0.4, -0.2) is 22.6 Å². The lowest BCUT2D eigenvalue weighted by Gasteiger charge is -2.28. The number of thiazole rings is 1. The van der Waals surface area contributed by atoms with E-state index >= 15 is 0 Å². The topological polar surface area (TPSA) is 53.4 Å². The maximum absolute atomic E-state index is 10.9. The van der Waals surface area contributed by atoms with E-state index in [0.29, 0.717) is 0 Å². The van der Waals surface area contributed by atoms with Crippen molar-refractivity contribution in [2.45, 2.75) is 13.0 Å². The van der Waals surface area contributed by atoms with E-state index in [1.165, 1.54) is 17.0 Å². The molecular weight excluding hydrogens is 248 g/mol. The van der Waals surface area contributed by atoms with E-state index in [-0.39, 0.29) is 5.01 Å². The fraction of sp³-hybridized carbons (Fsp3) is 0.231. The number of nitrogens with zero attached hydrogens (tertiary/aromatic N) is 2. The summed E-state index contributed by atoms with van der Waals surface area (Å²) >= 11 is 1.29. The van der Waals surface area contributed by atoms with Crippen molar-refractivity contribution in [2.75, 3.05) is 11.4 Å². The molecular formula is C13H12N2O2S. The Morgan fingerprint density at radius 1 is 1.33 bits per heavy atom. The molecule has 1 aromatic heterocycles. The number of carboxylic acid groups (broad SMARTS) is 1. The van der Waals surface area contributed by atoms with E-state index in [0.717, 1.165) is 30.1 Å². The minimum Gasteiger partial charge on any atom is -0.476 e. The number of carboxylic acids is 1. The number of fused-ring (bicyclic) bond motifs is 1. The molecule has 0 spiro atoms. The van der Waals surface area contributed by atoms with E-state index in [4.69, 9.17) is 5.11 Å². The van der Waals surface area contributed by atoms with Crippen molar-refractivity contribution >= 4 is 23.0 Å². The number of benzene rings is 1. The molecule has 92 valence electrons. The SMILES string of the molecule is O=C(O)c1nc2c(s1)CN(c1ccccc1)CC2. The standard InChI is InChI=1S/C13H12N2O2S/c16-13(17)12-14-10-6-7-15(8-11(10)18-12)9-4-2-1-3-5-9/h1-5H,6-8H2,(H,16,17). The van der Waals surface area contributed by atoms with Crippen LogP contribution in [0.15, 0.2) is 30.3 Å².